The zero-order chi connectivity index (χ0) is 21.8. The van der Waals surface area contributed by atoms with Gasteiger partial charge in [-0.3, -0.25) is 14.4 Å². The van der Waals surface area contributed by atoms with Crippen molar-refractivity contribution >= 4 is 34.8 Å². The van der Waals surface area contributed by atoms with Crippen molar-refractivity contribution in [3.63, 3.8) is 0 Å². The van der Waals surface area contributed by atoms with E-state index in [2.05, 4.69) is 5.32 Å². The van der Waals surface area contributed by atoms with Gasteiger partial charge in [-0.15, -0.1) is 11.3 Å². The number of carbonyl (C=O) groups is 3. The second kappa shape index (κ2) is 9.14. The van der Waals surface area contributed by atoms with Crippen LogP contribution in [0.4, 0.5) is 5.69 Å². The summed E-state index contributed by atoms with van der Waals surface area (Å²) >= 11 is 1.36. The van der Waals surface area contributed by atoms with Gasteiger partial charge in [0.2, 0.25) is 5.91 Å². The molecule has 1 N–H and O–H groups in total. The molecule has 2 aromatic carbocycles. The van der Waals surface area contributed by atoms with E-state index in [0.29, 0.717) is 29.4 Å². The molecule has 158 valence electrons. The number of ether oxygens (including phenoxy) is 1. The molecule has 6 nitrogen and oxygen atoms in total. The highest BCUT2D eigenvalue weighted by Crippen LogP contribution is 2.24. The number of benzene rings is 2. The van der Waals surface area contributed by atoms with Crippen LogP contribution in [0.3, 0.4) is 0 Å². The van der Waals surface area contributed by atoms with E-state index >= 15 is 0 Å². The van der Waals surface area contributed by atoms with E-state index in [-0.39, 0.29) is 18.2 Å². The molecular weight excluding hydrogens is 412 g/mol. The highest BCUT2D eigenvalue weighted by Gasteiger charge is 2.35. The highest BCUT2D eigenvalue weighted by molar-refractivity contribution is 7.12. The number of anilines is 1. The Labute approximate surface area is 184 Å². The van der Waals surface area contributed by atoms with Crippen molar-refractivity contribution in [3.05, 3.63) is 82.0 Å². The van der Waals surface area contributed by atoms with Crippen LogP contribution in [0.5, 0.6) is 5.75 Å². The molecule has 1 atom stereocenters. The van der Waals surface area contributed by atoms with Crippen molar-refractivity contribution in [2.75, 3.05) is 11.9 Å². The number of nitrogens with one attached hydrogen (secondary N) is 1. The average Bonchev–Trinajstić information content (AvgIpc) is 3.42. The van der Waals surface area contributed by atoms with Crippen LogP contribution in [0.15, 0.2) is 66.0 Å². The number of aryl methyl sites for hydroxylation is 1. The van der Waals surface area contributed by atoms with E-state index in [1.165, 1.54) is 11.3 Å². The van der Waals surface area contributed by atoms with E-state index in [1.54, 1.807) is 35.2 Å². The number of amides is 2. The lowest BCUT2D eigenvalue weighted by atomic mass is 10.1. The maximum absolute atomic E-state index is 12.6. The molecule has 7 heteroatoms. The fraction of sp³-hybridized carbons (Fsp3) is 0.208. The molecule has 1 aliphatic heterocycles. The summed E-state index contributed by atoms with van der Waals surface area (Å²) in [6.07, 6.45) is 0.152. The number of rotatable bonds is 6. The number of hydrogen-bond acceptors (Lipinski definition) is 5. The van der Waals surface area contributed by atoms with E-state index in [0.717, 1.165) is 11.1 Å². The van der Waals surface area contributed by atoms with Gasteiger partial charge in [-0.05, 0) is 48.2 Å². The van der Waals surface area contributed by atoms with Crippen LogP contribution in [-0.4, -0.2) is 29.2 Å². The molecular formula is C24H22N2O4S. The summed E-state index contributed by atoms with van der Waals surface area (Å²) < 4.78 is 5.46. The van der Waals surface area contributed by atoms with Crippen LogP contribution in [0.25, 0.3) is 0 Å². The summed E-state index contributed by atoms with van der Waals surface area (Å²) in [5, 5.41) is 4.64. The van der Waals surface area contributed by atoms with Crippen molar-refractivity contribution in [2.45, 2.75) is 19.9 Å². The standard InChI is InChI=1S/C24H22N2O4S/c1-16-4-6-17(7-5-16)14-26-15-18(13-22(26)27)24(29)30-20-10-8-19(9-11-20)25-23(28)21-3-2-12-31-21/h2-12,18H,13-15H2,1H3,(H,25,28). The Hall–Kier alpha value is -3.45. The minimum absolute atomic E-state index is 0.0471. The Balaban J connectivity index is 1.31. The normalized spacial score (nSPS) is 15.7. The quantitative estimate of drug-likeness (QED) is 0.465. The molecule has 0 aliphatic carbocycles. The first kappa shape index (κ1) is 20.8. The third-order valence-electron chi connectivity index (χ3n) is 5.12. The van der Waals surface area contributed by atoms with E-state index in [9.17, 15) is 14.4 Å². The first-order chi connectivity index (χ1) is 15.0. The highest BCUT2D eigenvalue weighted by atomic mass is 32.1. The van der Waals surface area contributed by atoms with Crippen LogP contribution in [0.1, 0.15) is 27.2 Å². The van der Waals surface area contributed by atoms with Crippen LogP contribution < -0.4 is 10.1 Å². The molecule has 1 aromatic heterocycles. The number of esters is 1. The molecule has 0 radical (unpaired) electrons. The number of likely N-dealkylation sites (tertiary alicyclic amines) is 1. The van der Waals surface area contributed by atoms with Crippen molar-refractivity contribution in [2.24, 2.45) is 5.92 Å². The lowest BCUT2D eigenvalue weighted by molar-refractivity contribution is -0.139. The number of hydrogen-bond donors (Lipinski definition) is 1. The lowest BCUT2D eigenvalue weighted by Gasteiger charge is -2.16. The fourth-order valence-corrected chi connectivity index (χ4v) is 4.02. The summed E-state index contributed by atoms with van der Waals surface area (Å²) in [5.41, 5.74) is 2.81. The molecule has 4 rings (SSSR count). The van der Waals surface area contributed by atoms with Gasteiger partial charge in [0.1, 0.15) is 5.75 Å². The Kier molecular flexibility index (Phi) is 6.13. The lowest BCUT2D eigenvalue weighted by Crippen LogP contribution is -2.27. The molecule has 1 aliphatic rings. The topological polar surface area (TPSA) is 75.7 Å². The zero-order valence-electron chi connectivity index (χ0n) is 17.0. The van der Waals surface area contributed by atoms with Crippen molar-refractivity contribution in [3.8, 4) is 5.75 Å². The van der Waals surface area contributed by atoms with Crippen LogP contribution in [-0.2, 0) is 16.1 Å². The average molecular weight is 435 g/mol. The largest absolute Gasteiger partial charge is 0.426 e. The number of carbonyl (C=O) groups excluding carboxylic acids is 3. The summed E-state index contributed by atoms with van der Waals surface area (Å²) in [6, 6.07) is 18.2. The van der Waals surface area contributed by atoms with Gasteiger partial charge in [-0.1, -0.05) is 35.9 Å². The van der Waals surface area contributed by atoms with E-state index in [1.807, 2.05) is 42.6 Å². The number of nitrogens with zero attached hydrogens (tertiary/aromatic N) is 1. The maximum atomic E-state index is 12.6. The maximum Gasteiger partial charge on any atom is 0.316 e. The van der Waals surface area contributed by atoms with Crippen LogP contribution in [0.2, 0.25) is 0 Å². The Bertz CT molecular complexity index is 1080. The molecule has 3 aromatic rings. The van der Waals surface area contributed by atoms with E-state index in [4.69, 9.17) is 4.74 Å². The monoisotopic (exact) mass is 434 g/mol. The molecule has 1 saturated heterocycles. The molecule has 1 fully saturated rings. The minimum Gasteiger partial charge on any atom is -0.426 e. The second-order valence-corrected chi connectivity index (χ2v) is 8.49. The molecule has 0 saturated carbocycles. The Morgan fingerprint density at radius 2 is 1.84 bits per heavy atom. The molecule has 31 heavy (non-hydrogen) atoms. The van der Waals surface area contributed by atoms with Crippen molar-refractivity contribution in [1.29, 1.82) is 0 Å². The minimum atomic E-state index is -0.490. The molecule has 0 bridgehead atoms. The van der Waals surface area contributed by atoms with Gasteiger partial charge in [-0.25, -0.2) is 0 Å². The molecule has 1 unspecified atom stereocenters. The van der Waals surface area contributed by atoms with Gasteiger partial charge in [0.25, 0.3) is 5.91 Å². The first-order valence-corrected chi connectivity index (χ1v) is 10.9. The van der Waals surface area contributed by atoms with Gasteiger partial charge >= 0.3 is 5.97 Å². The van der Waals surface area contributed by atoms with Gasteiger partial charge in [0, 0.05) is 25.2 Å². The molecule has 0 spiro atoms. The zero-order valence-corrected chi connectivity index (χ0v) is 17.9. The first-order valence-electron chi connectivity index (χ1n) is 9.98. The summed E-state index contributed by atoms with van der Waals surface area (Å²) in [4.78, 5) is 39.3. The van der Waals surface area contributed by atoms with E-state index < -0.39 is 11.9 Å². The third-order valence-corrected chi connectivity index (χ3v) is 5.99. The smallest absolute Gasteiger partial charge is 0.316 e. The van der Waals surface area contributed by atoms with Crippen LogP contribution >= 0.6 is 11.3 Å². The Morgan fingerprint density at radius 3 is 2.52 bits per heavy atom. The van der Waals surface area contributed by atoms with Gasteiger partial charge in [0.15, 0.2) is 0 Å². The summed E-state index contributed by atoms with van der Waals surface area (Å²) in [5.74, 6) is -0.762. The molecule has 2 heterocycles. The van der Waals surface area contributed by atoms with Crippen molar-refractivity contribution in [1.82, 2.24) is 4.90 Å². The third kappa shape index (κ3) is 5.19. The summed E-state index contributed by atoms with van der Waals surface area (Å²) in [6.45, 7) is 2.85. The van der Waals surface area contributed by atoms with Crippen LogP contribution in [0, 0.1) is 12.8 Å². The Morgan fingerprint density at radius 1 is 1.10 bits per heavy atom. The predicted molar refractivity (Wildman–Crippen MR) is 119 cm³/mol. The SMILES string of the molecule is Cc1ccc(CN2CC(C(=O)Oc3ccc(NC(=O)c4cccs4)cc3)CC2=O)cc1. The van der Waals surface area contributed by atoms with Gasteiger partial charge in [0.05, 0.1) is 10.8 Å². The number of thiophene rings is 1. The van der Waals surface area contributed by atoms with Gasteiger partial charge < -0.3 is 15.0 Å². The van der Waals surface area contributed by atoms with Gasteiger partial charge in [-0.2, -0.15) is 0 Å². The second-order valence-electron chi connectivity index (χ2n) is 7.54. The predicted octanol–water partition coefficient (Wildman–Crippen LogP) is 4.26. The fourth-order valence-electron chi connectivity index (χ4n) is 3.40. The summed E-state index contributed by atoms with van der Waals surface area (Å²) in [7, 11) is 0. The van der Waals surface area contributed by atoms with Crippen molar-refractivity contribution < 1.29 is 19.1 Å². The molecule has 2 amide bonds.